The van der Waals surface area contributed by atoms with Gasteiger partial charge in [0.25, 0.3) is 0 Å². The van der Waals surface area contributed by atoms with Crippen LogP contribution in [0.3, 0.4) is 0 Å². The van der Waals surface area contributed by atoms with Crippen LogP contribution in [0.1, 0.15) is 25.8 Å². The van der Waals surface area contributed by atoms with E-state index in [-0.39, 0.29) is 27.7 Å². The second-order valence-corrected chi connectivity index (χ2v) is 8.68. The maximum atomic E-state index is 13.2. The number of hydrogen-bond donors (Lipinski definition) is 1. The summed E-state index contributed by atoms with van der Waals surface area (Å²) in [6.45, 7) is 5.84. The third-order valence-electron chi connectivity index (χ3n) is 4.28. The van der Waals surface area contributed by atoms with Crippen LogP contribution in [0.2, 0.25) is 5.02 Å². The highest BCUT2D eigenvalue weighted by Crippen LogP contribution is 2.35. The summed E-state index contributed by atoms with van der Waals surface area (Å²) >= 11 is 6.23. The maximum absolute atomic E-state index is 13.2. The molecule has 1 atom stereocenters. The molecular formula is C20H21ClN2O3S. The summed E-state index contributed by atoms with van der Waals surface area (Å²) < 4.78 is 32.1. The van der Waals surface area contributed by atoms with Crippen LogP contribution in [-0.2, 0) is 9.84 Å². The van der Waals surface area contributed by atoms with Gasteiger partial charge in [-0.1, -0.05) is 48.4 Å². The largest absolute Gasteiger partial charge is 0.419 e. The summed E-state index contributed by atoms with van der Waals surface area (Å²) in [7, 11) is -3.85. The van der Waals surface area contributed by atoms with Crippen LogP contribution in [-0.4, -0.2) is 19.4 Å². The van der Waals surface area contributed by atoms with Crippen molar-refractivity contribution in [2.24, 2.45) is 0 Å². The monoisotopic (exact) mass is 404 g/mol. The van der Waals surface area contributed by atoms with Crippen molar-refractivity contribution in [2.45, 2.75) is 43.2 Å². The van der Waals surface area contributed by atoms with Crippen LogP contribution in [0.25, 0.3) is 11.5 Å². The molecule has 0 aliphatic carbocycles. The molecule has 1 aromatic heterocycles. The van der Waals surface area contributed by atoms with Gasteiger partial charge < -0.3 is 9.73 Å². The zero-order chi connectivity index (χ0) is 19.6. The van der Waals surface area contributed by atoms with Crippen LogP contribution in [0.5, 0.6) is 0 Å². The van der Waals surface area contributed by atoms with E-state index in [0.717, 1.165) is 12.0 Å². The second-order valence-electron chi connectivity index (χ2n) is 6.40. The van der Waals surface area contributed by atoms with E-state index < -0.39 is 9.84 Å². The molecule has 0 fully saturated rings. The lowest BCUT2D eigenvalue weighted by molar-refractivity contribution is 0.566. The number of halogens is 1. The molecule has 0 spiro atoms. The number of anilines is 1. The van der Waals surface area contributed by atoms with Crippen molar-refractivity contribution in [1.82, 2.24) is 4.98 Å². The van der Waals surface area contributed by atoms with Crippen LogP contribution >= 0.6 is 11.6 Å². The number of aryl methyl sites for hydroxylation is 1. The molecule has 0 aliphatic heterocycles. The predicted octanol–water partition coefficient (Wildman–Crippen LogP) is 5.35. The van der Waals surface area contributed by atoms with E-state index in [1.807, 2.05) is 20.8 Å². The first kappa shape index (κ1) is 19.5. The van der Waals surface area contributed by atoms with E-state index in [2.05, 4.69) is 10.3 Å². The van der Waals surface area contributed by atoms with Crippen molar-refractivity contribution in [1.29, 1.82) is 0 Å². The molecule has 0 saturated carbocycles. The standard InChI is InChI=1S/C20H21ClN2O3S/c1-4-14(3)22-19-20(27(24,25)15-11-9-13(2)10-12-15)23-18(26-19)16-7-5-6-8-17(16)21/h5-12,14,22H,4H2,1-3H3/t14-/m1/s1. The quantitative estimate of drug-likeness (QED) is 0.599. The van der Waals surface area contributed by atoms with Crippen molar-refractivity contribution < 1.29 is 12.8 Å². The van der Waals surface area contributed by atoms with E-state index >= 15 is 0 Å². The van der Waals surface area contributed by atoms with Gasteiger partial charge >= 0.3 is 0 Å². The summed E-state index contributed by atoms with van der Waals surface area (Å²) in [5.74, 6) is 0.289. The van der Waals surface area contributed by atoms with Gasteiger partial charge in [0.15, 0.2) is 0 Å². The molecule has 142 valence electrons. The Morgan fingerprint density at radius 1 is 1.15 bits per heavy atom. The highest BCUT2D eigenvalue weighted by Gasteiger charge is 2.29. The summed E-state index contributed by atoms with van der Waals surface area (Å²) in [5, 5.41) is 3.41. The lowest BCUT2D eigenvalue weighted by Gasteiger charge is -2.11. The Balaban J connectivity index is 2.15. The van der Waals surface area contributed by atoms with Crippen LogP contribution in [0.4, 0.5) is 5.88 Å². The van der Waals surface area contributed by atoms with Crippen LogP contribution in [0.15, 0.2) is 62.9 Å². The number of benzene rings is 2. The Labute approximate surface area is 164 Å². The molecule has 1 heterocycles. The van der Waals surface area contributed by atoms with Gasteiger partial charge in [-0.3, -0.25) is 0 Å². The SMILES string of the molecule is CC[C@@H](C)Nc1oc(-c2ccccc2Cl)nc1S(=O)(=O)c1ccc(C)cc1. The molecule has 3 rings (SSSR count). The normalized spacial score (nSPS) is 12.7. The van der Waals surface area contributed by atoms with E-state index in [9.17, 15) is 8.42 Å². The summed E-state index contributed by atoms with van der Waals surface area (Å²) in [5.41, 5.74) is 1.51. The van der Waals surface area contributed by atoms with Gasteiger partial charge in [0.1, 0.15) is 0 Å². The highest BCUT2D eigenvalue weighted by molar-refractivity contribution is 7.91. The van der Waals surface area contributed by atoms with Gasteiger partial charge in [0.2, 0.25) is 26.6 Å². The molecule has 5 nitrogen and oxygen atoms in total. The Morgan fingerprint density at radius 2 is 1.81 bits per heavy atom. The average Bonchev–Trinajstić information content (AvgIpc) is 3.06. The minimum Gasteiger partial charge on any atom is -0.419 e. The molecule has 7 heteroatoms. The van der Waals surface area contributed by atoms with Crippen LogP contribution in [0, 0.1) is 6.92 Å². The van der Waals surface area contributed by atoms with E-state index in [0.29, 0.717) is 10.6 Å². The smallest absolute Gasteiger partial charge is 0.234 e. The molecule has 0 amide bonds. The minimum absolute atomic E-state index is 0.0176. The molecule has 0 saturated heterocycles. The fourth-order valence-electron chi connectivity index (χ4n) is 2.48. The first-order valence-electron chi connectivity index (χ1n) is 8.67. The van der Waals surface area contributed by atoms with E-state index in [4.69, 9.17) is 16.0 Å². The molecule has 0 radical (unpaired) electrons. The van der Waals surface area contributed by atoms with Gasteiger partial charge in [-0.15, -0.1) is 0 Å². The van der Waals surface area contributed by atoms with Gasteiger partial charge in [-0.05, 0) is 44.5 Å². The Kier molecular flexibility index (Phi) is 5.58. The van der Waals surface area contributed by atoms with Gasteiger partial charge in [-0.25, -0.2) is 8.42 Å². The number of sulfone groups is 1. The summed E-state index contributed by atoms with van der Waals surface area (Å²) in [6, 6.07) is 13.7. The second kappa shape index (κ2) is 7.74. The van der Waals surface area contributed by atoms with E-state index in [1.54, 1.807) is 48.5 Å². The van der Waals surface area contributed by atoms with Crippen LogP contribution < -0.4 is 5.32 Å². The van der Waals surface area contributed by atoms with Gasteiger partial charge in [-0.2, -0.15) is 4.98 Å². The number of aromatic nitrogens is 1. The third-order valence-corrected chi connectivity index (χ3v) is 6.28. The first-order chi connectivity index (χ1) is 12.8. The van der Waals surface area contributed by atoms with Gasteiger partial charge in [0.05, 0.1) is 15.5 Å². The molecule has 0 bridgehead atoms. The Morgan fingerprint density at radius 3 is 2.44 bits per heavy atom. The fourth-order valence-corrected chi connectivity index (χ4v) is 3.97. The topological polar surface area (TPSA) is 72.2 Å². The number of hydrogen-bond acceptors (Lipinski definition) is 5. The van der Waals surface area contributed by atoms with Crippen molar-refractivity contribution in [3.8, 4) is 11.5 Å². The van der Waals surface area contributed by atoms with Crippen molar-refractivity contribution in [3.05, 3.63) is 59.1 Å². The first-order valence-corrected chi connectivity index (χ1v) is 10.5. The molecule has 2 aromatic carbocycles. The molecule has 1 N–H and O–H groups in total. The zero-order valence-electron chi connectivity index (χ0n) is 15.4. The fraction of sp³-hybridized carbons (Fsp3) is 0.250. The molecule has 27 heavy (non-hydrogen) atoms. The Bertz CT molecular complexity index is 1040. The average molecular weight is 405 g/mol. The van der Waals surface area contributed by atoms with E-state index in [1.165, 1.54) is 0 Å². The zero-order valence-corrected chi connectivity index (χ0v) is 16.9. The number of nitrogens with one attached hydrogen (secondary N) is 1. The molecular weight excluding hydrogens is 384 g/mol. The Hall–Kier alpha value is -2.31. The lowest BCUT2D eigenvalue weighted by Crippen LogP contribution is -2.15. The number of rotatable bonds is 6. The molecule has 0 unspecified atom stereocenters. The number of oxazole rings is 1. The lowest BCUT2D eigenvalue weighted by atomic mass is 10.2. The van der Waals surface area contributed by atoms with Crippen molar-refractivity contribution >= 4 is 27.3 Å². The molecule has 0 aliphatic rings. The third kappa shape index (κ3) is 4.01. The molecule has 3 aromatic rings. The predicted molar refractivity (Wildman–Crippen MR) is 107 cm³/mol. The summed E-state index contributed by atoms with van der Waals surface area (Å²) in [4.78, 5) is 4.46. The van der Waals surface area contributed by atoms with Crippen molar-refractivity contribution in [2.75, 3.05) is 5.32 Å². The maximum Gasteiger partial charge on any atom is 0.234 e. The number of nitrogens with zero attached hydrogens (tertiary/aromatic N) is 1. The summed E-state index contributed by atoms with van der Waals surface area (Å²) in [6.07, 6.45) is 0.798. The van der Waals surface area contributed by atoms with Crippen molar-refractivity contribution in [3.63, 3.8) is 0 Å². The minimum atomic E-state index is -3.85. The van der Waals surface area contributed by atoms with Gasteiger partial charge in [0, 0.05) is 6.04 Å². The highest BCUT2D eigenvalue weighted by atomic mass is 35.5.